The topological polar surface area (TPSA) is 53.0 Å². The number of hydrogen-bond donors (Lipinski definition) is 0. The summed E-state index contributed by atoms with van der Waals surface area (Å²) in [5.41, 5.74) is 0.568. The Morgan fingerprint density at radius 2 is 1.90 bits per heavy atom. The minimum atomic E-state index is -0.00395. The number of rotatable bonds is 1. The molecule has 1 saturated heterocycles. The molecule has 2 heterocycles. The van der Waals surface area contributed by atoms with Gasteiger partial charge < -0.3 is 4.90 Å². The predicted octanol–water partition coefficient (Wildman–Crippen LogP) is 1.78. The van der Waals surface area contributed by atoms with Gasteiger partial charge in [-0.25, -0.2) is 5.01 Å². The highest BCUT2D eigenvalue weighted by Gasteiger charge is 2.37. The highest BCUT2D eigenvalue weighted by molar-refractivity contribution is 6.39. The van der Waals surface area contributed by atoms with Crippen LogP contribution in [0.1, 0.15) is 51.4 Å². The number of piperidine rings is 1. The first-order valence-electron chi connectivity index (χ1n) is 7.82. The molecule has 110 valence electrons. The van der Waals surface area contributed by atoms with Crippen molar-refractivity contribution in [2.45, 2.75) is 57.4 Å². The quantitative estimate of drug-likeness (QED) is 0.733. The number of carbonyl (C=O) groups excluding carboxylic acids is 2. The first-order valence-corrected chi connectivity index (χ1v) is 7.82. The van der Waals surface area contributed by atoms with Gasteiger partial charge in [-0.05, 0) is 31.6 Å². The smallest absolute Gasteiger partial charge is 0.270 e. The third kappa shape index (κ3) is 2.45. The Morgan fingerprint density at radius 3 is 2.70 bits per heavy atom. The molecule has 0 radical (unpaired) electrons. The van der Waals surface area contributed by atoms with Gasteiger partial charge in [-0.2, -0.15) is 5.10 Å². The van der Waals surface area contributed by atoms with Crippen molar-refractivity contribution in [3.8, 4) is 0 Å². The van der Waals surface area contributed by atoms with Gasteiger partial charge in [0.25, 0.3) is 5.91 Å². The van der Waals surface area contributed by atoms with Crippen LogP contribution in [0.15, 0.2) is 5.10 Å². The molecule has 2 fully saturated rings. The lowest BCUT2D eigenvalue weighted by Crippen LogP contribution is -2.52. The molecule has 0 aromatic rings. The minimum Gasteiger partial charge on any atom is -0.334 e. The Labute approximate surface area is 120 Å². The van der Waals surface area contributed by atoms with Crippen LogP contribution in [0.2, 0.25) is 0 Å². The fourth-order valence-corrected chi connectivity index (χ4v) is 3.87. The Kier molecular flexibility index (Phi) is 3.76. The van der Waals surface area contributed by atoms with Crippen LogP contribution in [-0.4, -0.2) is 47.1 Å². The zero-order valence-corrected chi connectivity index (χ0v) is 12.2. The summed E-state index contributed by atoms with van der Waals surface area (Å²) in [5, 5.41) is 5.50. The zero-order valence-electron chi connectivity index (χ0n) is 12.2. The first-order chi connectivity index (χ1) is 9.66. The van der Waals surface area contributed by atoms with Crippen molar-refractivity contribution in [3.63, 3.8) is 0 Å². The van der Waals surface area contributed by atoms with Crippen molar-refractivity contribution >= 4 is 17.5 Å². The molecule has 3 aliphatic rings. The van der Waals surface area contributed by atoms with Gasteiger partial charge in [-0.3, -0.25) is 9.59 Å². The molecule has 1 saturated carbocycles. The molecular formula is C15H23N3O2. The molecule has 20 heavy (non-hydrogen) atoms. The summed E-state index contributed by atoms with van der Waals surface area (Å²) < 4.78 is 0. The van der Waals surface area contributed by atoms with Crippen molar-refractivity contribution in [3.05, 3.63) is 0 Å². The van der Waals surface area contributed by atoms with E-state index in [-0.39, 0.29) is 11.8 Å². The molecule has 0 spiro atoms. The number of carbonyl (C=O) groups is 2. The lowest BCUT2D eigenvalue weighted by Gasteiger charge is -2.44. The van der Waals surface area contributed by atoms with Crippen LogP contribution < -0.4 is 0 Å². The number of amides is 2. The maximum Gasteiger partial charge on any atom is 0.270 e. The van der Waals surface area contributed by atoms with Crippen molar-refractivity contribution < 1.29 is 9.59 Å². The van der Waals surface area contributed by atoms with E-state index >= 15 is 0 Å². The molecule has 2 aliphatic heterocycles. The highest BCUT2D eigenvalue weighted by atomic mass is 16.2. The van der Waals surface area contributed by atoms with E-state index in [1.165, 1.54) is 30.7 Å². The maximum atomic E-state index is 12.7. The summed E-state index contributed by atoms with van der Waals surface area (Å²) >= 11 is 0. The third-order valence-corrected chi connectivity index (χ3v) is 4.96. The lowest BCUT2D eigenvalue weighted by molar-refractivity contribution is -0.132. The van der Waals surface area contributed by atoms with Gasteiger partial charge in [0, 0.05) is 32.5 Å². The second kappa shape index (κ2) is 5.54. The van der Waals surface area contributed by atoms with E-state index in [2.05, 4.69) is 10.0 Å². The number of hydrazone groups is 1. The van der Waals surface area contributed by atoms with Crippen LogP contribution in [0.25, 0.3) is 0 Å². The Morgan fingerprint density at radius 1 is 1.15 bits per heavy atom. The number of hydrogen-bond acceptors (Lipinski definition) is 3. The molecule has 5 heteroatoms. The highest BCUT2D eigenvalue weighted by Crippen LogP contribution is 2.35. The average Bonchev–Trinajstić information content (AvgIpc) is 2.49. The summed E-state index contributed by atoms with van der Waals surface area (Å²) in [6, 6.07) is 0.413. The number of fused-ring (bicyclic) bond motifs is 1. The predicted molar refractivity (Wildman–Crippen MR) is 76.1 cm³/mol. The van der Waals surface area contributed by atoms with Gasteiger partial charge in [-0.15, -0.1) is 0 Å². The summed E-state index contributed by atoms with van der Waals surface area (Å²) in [6.45, 7) is 0.858. The van der Waals surface area contributed by atoms with Crippen LogP contribution in [0.4, 0.5) is 0 Å². The zero-order chi connectivity index (χ0) is 14.1. The number of nitrogens with zero attached hydrogens (tertiary/aromatic N) is 3. The van der Waals surface area contributed by atoms with E-state index in [4.69, 9.17) is 0 Å². The van der Waals surface area contributed by atoms with Crippen molar-refractivity contribution in [1.82, 2.24) is 9.91 Å². The fraction of sp³-hybridized carbons (Fsp3) is 0.800. The van der Waals surface area contributed by atoms with Gasteiger partial charge in [0.1, 0.15) is 5.71 Å². The van der Waals surface area contributed by atoms with Crippen LogP contribution in [0.5, 0.6) is 0 Å². The molecule has 2 amide bonds. The Balaban J connectivity index is 1.75. The molecule has 1 aliphatic carbocycles. The van der Waals surface area contributed by atoms with Crippen molar-refractivity contribution in [1.29, 1.82) is 0 Å². The molecule has 0 bridgehead atoms. The van der Waals surface area contributed by atoms with Gasteiger partial charge in [0.15, 0.2) is 0 Å². The van der Waals surface area contributed by atoms with Gasteiger partial charge in [0.2, 0.25) is 5.91 Å². The van der Waals surface area contributed by atoms with E-state index in [0.29, 0.717) is 30.5 Å². The average molecular weight is 277 g/mol. The SMILES string of the molecule is CN1N=C(C(=O)N2CCC[C@H]3CCCC[C@H]32)CCC1=O. The molecule has 0 N–H and O–H groups in total. The van der Waals surface area contributed by atoms with Gasteiger partial charge >= 0.3 is 0 Å². The first kappa shape index (κ1) is 13.6. The van der Waals surface area contributed by atoms with E-state index in [1.54, 1.807) is 7.05 Å². The van der Waals surface area contributed by atoms with Crippen LogP contribution in [0, 0.1) is 5.92 Å². The Hall–Kier alpha value is -1.39. The van der Waals surface area contributed by atoms with E-state index in [0.717, 1.165) is 19.4 Å². The van der Waals surface area contributed by atoms with Gasteiger partial charge in [-0.1, -0.05) is 12.8 Å². The minimum absolute atomic E-state index is 0.00395. The molecule has 0 unspecified atom stereocenters. The maximum absolute atomic E-state index is 12.7. The van der Waals surface area contributed by atoms with E-state index < -0.39 is 0 Å². The summed E-state index contributed by atoms with van der Waals surface area (Å²) in [6.07, 6.45) is 8.21. The molecular weight excluding hydrogens is 254 g/mol. The standard InChI is InChI=1S/C15H23N3O2/c1-17-14(19)9-8-12(16-17)15(20)18-10-4-6-11-5-2-3-7-13(11)18/h11,13H,2-10H2,1H3/t11-,13-/m1/s1. The third-order valence-electron chi connectivity index (χ3n) is 4.96. The number of likely N-dealkylation sites (tertiary alicyclic amines) is 1. The molecule has 2 atom stereocenters. The normalized spacial score (nSPS) is 30.9. The molecule has 0 aromatic carbocycles. The van der Waals surface area contributed by atoms with E-state index in [1.807, 2.05) is 0 Å². The Bertz CT molecular complexity index is 444. The van der Waals surface area contributed by atoms with Crippen molar-refractivity contribution in [2.24, 2.45) is 11.0 Å². The van der Waals surface area contributed by atoms with E-state index in [9.17, 15) is 9.59 Å². The largest absolute Gasteiger partial charge is 0.334 e. The second-order valence-corrected chi connectivity index (χ2v) is 6.22. The second-order valence-electron chi connectivity index (χ2n) is 6.22. The molecule has 5 nitrogen and oxygen atoms in total. The lowest BCUT2D eigenvalue weighted by atomic mass is 9.78. The monoisotopic (exact) mass is 277 g/mol. The molecule has 0 aromatic heterocycles. The summed E-state index contributed by atoms with van der Waals surface area (Å²) in [5.74, 6) is 0.752. The van der Waals surface area contributed by atoms with Gasteiger partial charge in [0.05, 0.1) is 0 Å². The van der Waals surface area contributed by atoms with Crippen LogP contribution in [-0.2, 0) is 9.59 Å². The summed E-state index contributed by atoms with van der Waals surface area (Å²) in [4.78, 5) is 26.2. The fourth-order valence-electron chi connectivity index (χ4n) is 3.87. The van der Waals surface area contributed by atoms with Crippen molar-refractivity contribution in [2.75, 3.05) is 13.6 Å². The van der Waals surface area contributed by atoms with Crippen LogP contribution >= 0.6 is 0 Å². The molecule has 3 rings (SSSR count). The summed E-state index contributed by atoms with van der Waals surface area (Å²) in [7, 11) is 1.63. The van der Waals surface area contributed by atoms with Crippen LogP contribution in [0.3, 0.4) is 0 Å².